The first-order chi connectivity index (χ1) is 18.5. The molecular formula is C28H32N4O6. The van der Waals surface area contributed by atoms with Crippen molar-refractivity contribution in [3.8, 4) is 11.5 Å². The van der Waals surface area contributed by atoms with E-state index >= 15 is 0 Å². The van der Waals surface area contributed by atoms with Crippen LogP contribution in [0.3, 0.4) is 0 Å². The smallest absolute Gasteiger partial charge is 0.295 e. The van der Waals surface area contributed by atoms with Crippen molar-refractivity contribution in [2.24, 2.45) is 0 Å². The van der Waals surface area contributed by atoms with Crippen LogP contribution in [0, 0.1) is 6.92 Å². The molecule has 4 heterocycles. The van der Waals surface area contributed by atoms with E-state index in [1.54, 1.807) is 35.7 Å². The van der Waals surface area contributed by atoms with Crippen molar-refractivity contribution >= 4 is 23.1 Å². The minimum absolute atomic E-state index is 0.00155. The van der Waals surface area contributed by atoms with Gasteiger partial charge in [-0.3, -0.25) is 18.9 Å². The Kier molecular flexibility index (Phi) is 7.35. The van der Waals surface area contributed by atoms with Crippen LogP contribution < -0.4 is 9.47 Å². The number of pyridine rings is 1. The summed E-state index contributed by atoms with van der Waals surface area (Å²) in [5.74, 6) is -0.801. The molecule has 1 aromatic carbocycles. The van der Waals surface area contributed by atoms with Crippen LogP contribution >= 0.6 is 0 Å². The van der Waals surface area contributed by atoms with Gasteiger partial charge in [-0.2, -0.15) is 0 Å². The number of Topliss-reactive ketones (excluding diaryl/α,β-unsaturated/α-hetero) is 1. The SMILES string of the molecule is COc1cccc([C@@H]2/C(=C(\O)c3c(C)nc4ccccn34)C(=O)C(=O)N2CCCN2CCOCC2)c1OC. The van der Waals surface area contributed by atoms with Crippen LogP contribution in [0.2, 0.25) is 0 Å². The average Bonchev–Trinajstić information content (AvgIpc) is 3.41. The summed E-state index contributed by atoms with van der Waals surface area (Å²) in [6, 6.07) is 9.94. The summed E-state index contributed by atoms with van der Waals surface area (Å²) in [6.07, 6.45) is 2.43. The number of fused-ring (bicyclic) bond motifs is 1. The van der Waals surface area contributed by atoms with E-state index in [1.165, 1.54) is 19.1 Å². The molecule has 0 aliphatic carbocycles. The zero-order valence-corrected chi connectivity index (χ0v) is 21.8. The Morgan fingerprint density at radius 2 is 1.87 bits per heavy atom. The molecule has 0 radical (unpaired) electrons. The normalized spacial score (nSPS) is 19.9. The summed E-state index contributed by atoms with van der Waals surface area (Å²) in [5.41, 5.74) is 2.11. The van der Waals surface area contributed by atoms with Gasteiger partial charge in [0.1, 0.15) is 11.3 Å². The van der Waals surface area contributed by atoms with E-state index in [9.17, 15) is 14.7 Å². The Labute approximate surface area is 221 Å². The highest BCUT2D eigenvalue weighted by Gasteiger charge is 2.47. The first kappa shape index (κ1) is 25.7. The Hall–Kier alpha value is -3.89. The summed E-state index contributed by atoms with van der Waals surface area (Å²) < 4.78 is 18.3. The standard InChI is InChI=1S/C28H32N4O6/c1-18-23(31-12-5-4-10-21(31)29-18)25(33)22-24(19-8-6-9-20(36-2)27(19)37-3)32(28(35)26(22)34)13-7-11-30-14-16-38-17-15-30/h4-6,8-10,12,24,33H,7,11,13-17H2,1-3H3/b25-22+/t24-/m1/s1. The lowest BCUT2D eigenvalue weighted by Gasteiger charge is -2.29. The minimum atomic E-state index is -0.863. The number of aromatic nitrogens is 2. The molecule has 1 amide bonds. The summed E-state index contributed by atoms with van der Waals surface area (Å²) in [7, 11) is 3.04. The number of aryl methyl sites for hydroxylation is 1. The van der Waals surface area contributed by atoms with Crippen molar-refractivity contribution in [1.29, 1.82) is 0 Å². The first-order valence-electron chi connectivity index (χ1n) is 12.7. The van der Waals surface area contributed by atoms with Crippen LogP contribution in [-0.4, -0.2) is 89.6 Å². The number of hydrogen-bond acceptors (Lipinski definition) is 8. The number of carbonyl (C=O) groups excluding carboxylic acids is 2. The van der Waals surface area contributed by atoms with Gasteiger partial charge in [-0.1, -0.05) is 18.2 Å². The fraction of sp³-hybridized carbons (Fsp3) is 0.393. The largest absolute Gasteiger partial charge is 0.505 e. The number of hydrogen-bond donors (Lipinski definition) is 1. The monoisotopic (exact) mass is 520 g/mol. The maximum Gasteiger partial charge on any atom is 0.295 e. The van der Waals surface area contributed by atoms with Crippen LogP contribution in [0.1, 0.15) is 29.4 Å². The summed E-state index contributed by atoms with van der Waals surface area (Å²) >= 11 is 0. The van der Waals surface area contributed by atoms with E-state index in [-0.39, 0.29) is 11.3 Å². The summed E-state index contributed by atoms with van der Waals surface area (Å²) in [5, 5.41) is 11.7. The molecule has 2 saturated heterocycles. The van der Waals surface area contributed by atoms with Gasteiger partial charge in [0.05, 0.1) is 44.7 Å². The molecule has 2 aromatic heterocycles. The molecule has 5 rings (SSSR count). The highest BCUT2D eigenvalue weighted by molar-refractivity contribution is 6.46. The van der Waals surface area contributed by atoms with Gasteiger partial charge in [-0.25, -0.2) is 4.98 Å². The Morgan fingerprint density at radius 3 is 2.61 bits per heavy atom. The predicted octanol–water partition coefficient (Wildman–Crippen LogP) is 2.80. The van der Waals surface area contributed by atoms with Gasteiger partial charge >= 0.3 is 0 Å². The molecule has 1 atom stereocenters. The molecular weight excluding hydrogens is 488 g/mol. The van der Waals surface area contributed by atoms with E-state index in [2.05, 4.69) is 9.88 Å². The van der Waals surface area contributed by atoms with E-state index in [0.29, 0.717) is 60.3 Å². The van der Waals surface area contributed by atoms with Crippen molar-refractivity contribution in [3.05, 3.63) is 65.1 Å². The number of benzene rings is 1. The molecule has 0 spiro atoms. The maximum absolute atomic E-state index is 13.6. The zero-order valence-electron chi connectivity index (χ0n) is 21.8. The third-order valence-electron chi connectivity index (χ3n) is 7.17. The van der Waals surface area contributed by atoms with Crippen LogP contribution in [0.4, 0.5) is 0 Å². The number of amides is 1. The minimum Gasteiger partial charge on any atom is -0.505 e. The third kappa shape index (κ3) is 4.50. The summed E-state index contributed by atoms with van der Waals surface area (Å²) in [6.45, 7) is 5.89. The van der Waals surface area contributed by atoms with E-state index in [0.717, 1.165) is 19.6 Å². The van der Waals surface area contributed by atoms with Gasteiger partial charge in [-0.15, -0.1) is 0 Å². The Morgan fingerprint density at radius 1 is 1.08 bits per heavy atom. The number of aliphatic hydroxyl groups excluding tert-OH is 1. The number of aliphatic hydroxyl groups is 1. The van der Waals surface area contributed by atoms with Crippen LogP contribution in [0.5, 0.6) is 11.5 Å². The lowest BCUT2D eigenvalue weighted by Crippen LogP contribution is -2.39. The van der Waals surface area contributed by atoms with Crippen LogP contribution in [0.25, 0.3) is 11.4 Å². The molecule has 200 valence electrons. The number of likely N-dealkylation sites (tertiary alicyclic amines) is 1. The van der Waals surface area contributed by atoms with Gasteiger partial charge in [0.2, 0.25) is 0 Å². The van der Waals surface area contributed by atoms with Crippen molar-refractivity contribution in [3.63, 3.8) is 0 Å². The van der Waals surface area contributed by atoms with Crippen molar-refractivity contribution in [2.45, 2.75) is 19.4 Å². The Balaban J connectivity index is 1.61. The number of imidazole rings is 1. The molecule has 0 bridgehead atoms. The first-order valence-corrected chi connectivity index (χ1v) is 12.7. The third-order valence-corrected chi connectivity index (χ3v) is 7.17. The predicted molar refractivity (Wildman–Crippen MR) is 140 cm³/mol. The molecule has 2 fully saturated rings. The number of morpholine rings is 1. The van der Waals surface area contributed by atoms with Gasteiger partial charge in [0.15, 0.2) is 17.3 Å². The molecule has 2 aliphatic heterocycles. The van der Waals surface area contributed by atoms with Gasteiger partial charge in [-0.05, 0) is 31.5 Å². The van der Waals surface area contributed by atoms with Gasteiger partial charge < -0.3 is 24.2 Å². The van der Waals surface area contributed by atoms with Crippen molar-refractivity contribution < 1.29 is 28.9 Å². The quantitative estimate of drug-likeness (QED) is 0.275. The molecule has 10 nitrogen and oxygen atoms in total. The van der Waals surface area contributed by atoms with Crippen LogP contribution in [-0.2, 0) is 14.3 Å². The Bertz CT molecular complexity index is 1390. The number of carbonyl (C=O) groups is 2. The molecule has 1 N–H and O–H groups in total. The van der Waals surface area contributed by atoms with E-state index in [4.69, 9.17) is 14.2 Å². The van der Waals surface area contributed by atoms with E-state index < -0.39 is 17.7 Å². The van der Waals surface area contributed by atoms with Crippen LogP contribution in [0.15, 0.2) is 48.2 Å². The number of ether oxygens (including phenoxy) is 3. The highest BCUT2D eigenvalue weighted by atomic mass is 16.5. The zero-order chi connectivity index (χ0) is 26.8. The average molecular weight is 521 g/mol. The number of para-hydroxylation sites is 1. The number of ketones is 1. The number of methoxy groups -OCH3 is 2. The maximum atomic E-state index is 13.6. The summed E-state index contributed by atoms with van der Waals surface area (Å²) in [4.78, 5) is 35.4. The lowest BCUT2D eigenvalue weighted by atomic mass is 9.95. The van der Waals surface area contributed by atoms with Gasteiger partial charge in [0, 0.05) is 37.9 Å². The highest BCUT2D eigenvalue weighted by Crippen LogP contribution is 2.45. The second kappa shape index (κ2) is 10.8. The number of nitrogens with zero attached hydrogens (tertiary/aromatic N) is 4. The van der Waals surface area contributed by atoms with Crippen molar-refractivity contribution in [1.82, 2.24) is 19.2 Å². The molecule has 3 aromatic rings. The molecule has 0 saturated carbocycles. The molecule has 0 unspecified atom stereocenters. The lowest BCUT2D eigenvalue weighted by molar-refractivity contribution is -0.140. The second-order valence-corrected chi connectivity index (χ2v) is 9.36. The van der Waals surface area contributed by atoms with E-state index in [1.807, 2.05) is 18.2 Å². The molecule has 10 heteroatoms. The van der Waals surface area contributed by atoms with Gasteiger partial charge in [0.25, 0.3) is 11.7 Å². The fourth-order valence-corrected chi connectivity index (χ4v) is 5.38. The molecule has 38 heavy (non-hydrogen) atoms. The number of rotatable bonds is 8. The fourth-order valence-electron chi connectivity index (χ4n) is 5.38. The van der Waals surface area contributed by atoms with Crippen molar-refractivity contribution in [2.75, 3.05) is 53.6 Å². The molecule has 2 aliphatic rings. The topological polar surface area (TPSA) is 106 Å². The second-order valence-electron chi connectivity index (χ2n) is 9.36.